The van der Waals surface area contributed by atoms with Gasteiger partial charge in [-0.1, -0.05) is 23.2 Å². The number of hydrogen-bond donors (Lipinski definition) is 4. The summed E-state index contributed by atoms with van der Waals surface area (Å²) < 4.78 is 61.1. The minimum Gasteiger partial charge on any atom is -0.423 e. The normalized spacial score (nSPS) is 10.7. The molecular formula is C14H10BCl2F5N2O3. The average Bonchev–Trinajstić information content (AvgIpc) is 2.54. The van der Waals surface area contributed by atoms with Crippen molar-refractivity contribution in [1.82, 2.24) is 0 Å². The molecule has 0 unspecified atom stereocenters. The molecule has 0 heterocycles. The van der Waals surface area contributed by atoms with Crippen LogP contribution in [0.2, 0.25) is 10.0 Å². The predicted molar refractivity (Wildman–Crippen MR) is 91.7 cm³/mol. The Morgan fingerprint density at radius 1 is 1.07 bits per heavy atom. The number of amides is 1. The van der Waals surface area contributed by atoms with E-state index in [0.717, 1.165) is 12.1 Å². The Balaban J connectivity index is 0.000000277. The molecule has 2 aromatic rings. The van der Waals surface area contributed by atoms with Crippen LogP contribution in [0.4, 0.5) is 33.3 Å². The zero-order valence-electron chi connectivity index (χ0n) is 13.0. The molecule has 0 aliphatic rings. The maximum atomic E-state index is 13.0. The van der Waals surface area contributed by atoms with Crippen LogP contribution in [0.3, 0.4) is 0 Å². The van der Waals surface area contributed by atoms with Gasteiger partial charge in [0, 0.05) is 16.8 Å². The maximum absolute atomic E-state index is 13.0. The van der Waals surface area contributed by atoms with Crippen molar-refractivity contribution >= 4 is 53.1 Å². The second kappa shape index (κ2) is 9.22. The number of nitrogen functional groups attached to an aromatic ring is 1. The van der Waals surface area contributed by atoms with Crippen molar-refractivity contribution in [3.63, 3.8) is 0 Å². The van der Waals surface area contributed by atoms with E-state index in [9.17, 15) is 26.7 Å². The van der Waals surface area contributed by atoms with E-state index in [2.05, 4.69) is 0 Å². The van der Waals surface area contributed by atoms with E-state index in [0.29, 0.717) is 6.07 Å². The first kappa shape index (κ1) is 23.0. The number of rotatable bonds is 2. The molecule has 0 bridgehead atoms. The van der Waals surface area contributed by atoms with E-state index in [1.165, 1.54) is 17.4 Å². The van der Waals surface area contributed by atoms with Crippen LogP contribution in [0.25, 0.3) is 0 Å². The number of alkyl halides is 3. The molecule has 2 aromatic carbocycles. The lowest BCUT2D eigenvalue weighted by molar-refractivity contribution is -0.167. The second-order valence-corrected chi connectivity index (χ2v) is 5.63. The van der Waals surface area contributed by atoms with Crippen LogP contribution in [0, 0.1) is 11.6 Å². The summed E-state index contributed by atoms with van der Waals surface area (Å²) in [5.41, 5.74) is 4.54. The quantitative estimate of drug-likeness (QED) is 0.334. The number of nitrogens with one attached hydrogen (secondary N) is 1. The van der Waals surface area contributed by atoms with Crippen LogP contribution in [0.5, 0.6) is 0 Å². The largest absolute Gasteiger partial charge is 0.493 e. The third-order valence-corrected chi connectivity index (χ3v) is 3.46. The third-order valence-electron chi connectivity index (χ3n) is 2.86. The monoisotopic (exact) mass is 430 g/mol. The van der Waals surface area contributed by atoms with Crippen LogP contribution < -0.4 is 16.5 Å². The van der Waals surface area contributed by atoms with Gasteiger partial charge in [-0.25, -0.2) is 8.78 Å². The zero-order chi connectivity index (χ0) is 20.9. The number of nitrogens with two attached hydrogens (primary N) is 1. The predicted octanol–water partition coefficient (Wildman–Crippen LogP) is 2.72. The molecule has 146 valence electrons. The van der Waals surface area contributed by atoms with Crippen LogP contribution in [0.15, 0.2) is 30.3 Å². The van der Waals surface area contributed by atoms with Gasteiger partial charge in [-0.05, 0) is 30.3 Å². The molecule has 0 aliphatic heterocycles. The van der Waals surface area contributed by atoms with Gasteiger partial charge in [0.25, 0.3) is 0 Å². The molecule has 0 saturated carbocycles. The van der Waals surface area contributed by atoms with Gasteiger partial charge in [-0.3, -0.25) is 4.79 Å². The molecule has 0 aromatic heterocycles. The molecule has 0 fully saturated rings. The Bertz CT molecular complexity index is 837. The molecule has 27 heavy (non-hydrogen) atoms. The lowest BCUT2D eigenvalue weighted by Gasteiger charge is -2.07. The van der Waals surface area contributed by atoms with Crippen molar-refractivity contribution in [2.45, 2.75) is 6.18 Å². The average molecular weight is 431 g/mol. The van der Waals surface area contributed by atoms with Crippen molar-refractivity contribution in [2.75, 3.05) is 11.1 Å². The molecule has 1 amide bonds. The van der Waals surface area contributed by atoms with E-state index in [1.807, 2.05) is 0 Å². The summed E-state index contributed by atoms with van der Waals surface area (Å²) in [5, 5.41) is 18.4. The lowest BCUT2D eigenvalue weighted by atomic mass is 9.78. The van der Waals surface area contributed by atoms with Gasteiger partial charge in [0.1, 0.15) is 11.6 Å². The minimum absolute atomic E-state index is 0.0353. The molecule has 0 spiro atoms. The highest BCUT2D eigenvalue weighted by molar-refractivity contribution is 6.61. The molecule has 0 atom stereocenters. The summed E-state index contributed by atoms with van der Waals surface area (Å²) in [6.45, 7) is 0. The van der Waals surface area contributed by atoms with E-state index >= 15 is 0 Å². The first-order valence-electron chi connectivity index (χ1n) is 6.77. The fraction of sp³-hybridized carbons (Fsp3) is 0.0714. The summed E-state index contributed by atoms with van der Waals surface area (Å²) in [6.07, 6.45) is -5.00. The summed E-state index contributed by atoms with van der Waals surface area (Å²) >= 11 is 10.7. The number of anilines is 2. The van der Waals surface area contributed by atoms with Gasteiger partial charge in [-0.15, -0.1) is 0 Å². The fourth-order valence-electron chi connectivity index (χ4n) is 1.62. The van der Waals surface area contributed by atoms with Crippen molar-refractivity contribution in [3.8, 4) is 0 Å². The molecular weight excluding hydrogens is 421 g/mol. The summed E-state index contributed by atoms with van der Waals surface area (Å²) in [6, 6.07) is 5.36. The Morgan fingerprint density at radius 3 is 2.07 bits per heavy atom. The van der Waals surface area contributed by atoms with Gasteiger partial charge < -0.3 is 21.1 Å². The van der Waals surface area contributed by atoms with Crippen LogP contribution in [-0.4, -0.2) is 29.2 Å². The van der Waals surface area contributed by atoms with E-state index < -0.39 is 30.8 Å². The van der Waals surface area contributed by atoms with Gasteiger partial charge in [-0.2, -0.15) is 13.2 Å². The van der Waals surface area contributed by atoms with E-state index in [1.54, 1.807) is 0 Å². The Morgan fingerprint density at radius 2 is 1.63 bits per heavy atom. The Kier molecular flexibility index (Phi) is 7.84. The molecule has 0 radical (unpaired) electrons. The number of carbonyl (C=O) groups is 1. The van der Waals surface area contributed by atoms with Crippen LogP contribution >= 0.6 is 23.2 Å². The fourth-order valence-corrected chi connectivity index (χ4v) is 1.90. The molecule has 2 rings (SSSR count). The maximum Gasteiger partial charge on any atom is 0.493 e. The molecule has 5 N–H and O–H groups in total. The van der Waals surface area contributed by atoms with Crippen molar-refractivity contribution in [1.29, 1.82) is 0 Å². The van der Waals surface area contributed by atoms with Gasteiger partial charge in [0.15, 0.2) is 0 Å². The molecule has 0 saturated heterocycles. The Hall–Kier alpha value is -2.08. The summed E-state index contributed by atoms with van der Waals surface area (Å²) in [7, 11) is -1.94. The number of hydrogen-bond acceptors (Lipinski definition) is 4. The van der Waals surface area contributed by atoms with Gasteiger partial charge in [0.05, 0.1) is 10.0 Å². The van der Waals surface area contributed by atoms with E-state index in [-0.39, 0.29) is 26.9 Å². The van der Waals surface area contributed by atoms with Crippen molar-refractivity contribution < 1.29 is 36.8 Å². The molecule has 5 nitrogen and oxygen atoms in total. The summed E-state index contributed by atoms with van der Waals surface area (Å²) in [4.78, 5) is 10.4. The lowest BCUT2D eigenvalue weighted by Crippen LogP contribution is -2.35. The van der Waals surface area contributed by atoms with Crippen LogP contribution in [0.1, 0.15) is 0 Å². The van der Waals surface area contributed by atoms with Crippen LogP contribution in [-0.2, 0) is 4.79 Å². The zero-order valence-corrected chi connectivity index (χ0v) is 14.5. The van der Waals surface area contributed by atoms with Crippen molar-refractivity contribution in [3.05, 3.63) is 52.0 Å². The topological polar surface area (TPSA) is 95.6 Å². The standard InChI is InChI=1S/C8H4ClF4NO.C6H6BClFNO2/c9-5-2-1-4(3-6(5)10)14-7(15)8(11,12)13;8-3-1-2-4(10)5(6(3)9)7(11)12/h1-3H,(H,14,15);1-2,11-12H,10H2. The Labute approximate surface area is 159 Å². The SMILES string of the molecule is Nc1ccc(Cl)c(F)c1B(O)O.O=C(Nc1ccc(Cl)c(F)c1)C(F)(F)F. The number of halogens is 7. The van der Waals surface area contributed by atoms with E-state index in [4.69, 9.17) is 39.0 Å². The first-order chi connectivity index (χ1) is 12.3. The van der Waals surface area contributed by atoms with Gasteiger partial charge >= 0.3 is 19.2 Å². The minimum atomic E-state index is -5.00. The number of carbonyl (C=O) groups excluding carboxylic acids is 1. The highest BCUT2D eigenvalue weighted by Crippen LogP contribution is 2.21. The van der Waals surface area contributed by atoms with Gasteiger partial charge in [0.2, 0.25) is 0 Å². The molecule has 13 heteroatoms. The first-order valence-corrected chi connectivity index (χ1v) is 7.53. The highest BCUT2D eigenvalue weighted by Gasteiger charge is 2.38. The molecule has 0 aliphatic carbocycles. The highest BCUT2D eigenvalue weighted by atomic mass is 35.5. The second-order valence-electron chi connectivity index (χ2n) is 4.82. The number of benzene rings is 2. The summed E-state index contributed by atoms with van der Waals surface area (Å²) in [5.74, 6) is -3.97. The van der Waals surface area contributed by atoms with Crippen molar-refractivity contribution in [2.24, 2.45) is 0 Å². The smallest absolute Gasteiger partial charge is 0.423 e. The third kappa shape index (κ3) is 6.54.